The first-order valence-corrected chi connectivity index (χ1v) is 7.62. The molecule has 2 aliphatic rings. The van der Waals surface area contributed by atoms with Crippen molar-refractivity contribution < 1.29 is 9.59 Å². The summed E-state index contributed by atoms with van der Waals surface area (Å²) in [4.78, 5) is 25.8. The molecular formula is C16H21N3O2. The van der Waals surface area contributed by atoms with Crippen LogP contribution in [0.1, 0.15) is 24.8 Å². The number of rotatable bonds is 4. The van der Waals surface area contributed by atoms with E-state index in [9.17, 15) is 9.59 Å². The molecule has 2 amide bonds. The van der Waals surface area contributed by atoms with Crippen LogP contribution in [0.15, 0.2) is 24.3 Å². The maximum Gasteiger partial charge on any atom is 0.227 e. The number of nitrogens with zero attached hydrogens (tertiary/aromatic N) is 1. The highest BCUT2D eigenvalue weighted by atomic mass is 16.2. The van der Waals surface area contributed by atoms with Crippen molar-refractivity contribution >= 4 is 17.5 Å². The summed E-state index contributed by atoms with van der Waals surface area (Å²) in [6, 6.07) is 8.19. The van der Waals surface area contributed by atoms with Crippen molar-refractivity contribution in [3.8, 4) is 0 Å². The van der Waals surface area contributed by atoms with Gasteiger partial charge in [-0.2, -0.15) is 0 Å². The lowest BCUT2D eigenvalue weighted by Crippen LogP contribution is -2.41. The molecule has 3 rings (SSSR count). The molecule has 5 nitrogen and oxygen atoms in total. The number of hydrogen-bond acceptors (Lipinski definition) is 3. The van der Waals surface area contributed by atoms with Gasteiger partial charge in [0.1, 0.15) is 0 Å². The van der Waals surface area contributed by atoms with Crippen molar-refractivity contribution in [1.29, 1.82) is 0 Å². The quantitative estimate of drug-likeness (QED) is 0.862. The molecule has 1 fully saturated rings. The summed E-state index contributed by atoms with van der Waals surface area (Å²) < 4.78 is 0. The summed E-state index contributed by atoms with van der Waals surface area (Å²) in [5.74, 6) is 0.142. The van der Waals surface area contributed by atoms with E-state index in [1.165, 1.54) is 5.56 Å². The van der Waals surface area contributed by atoms with Gasteiger partial charge in [-0.1, -0.05) is 18.2 Å². The predicted molar refractivity (Wildman–Crippen MR) is 81.2 cm³/mol. The monoisotopic (exact) mass is 287 g/mol. The van der Waals surface area contributed by atoms with E-state index in [4.69, 9.17) is 0 Å². The number of carbonyl (C=O) groups excluding carboxylic acids is 2. The van der Waals surface area contributed by atoms with Crippen molar-refractivity contribution in [3.05, 3.63) is 29.8 Å². The second-order valence-corrected chi connectivity index (χ2v) is 5.68. The molecule has 0 radical (unpaired) electrons. The number of aryl methyl sites for hydroxylation is 1. The van der Waals surface area contributed by atoms with Gasteiger partial charge in [0.15, 0.2) is 0 Å². The predicted octanol–water partition coefficient (Wildman–Crippen LogP) is 0.834. The van der Waals surface area contributed by atoms with Gasteiger partial charge in [0.2, 0.25) is 11.8 Å². The summed E-state index contributed by atoms with van der Waals surface area (Å²) in [6.07, 6.45) is 2.67. The summed E-state index contributed by atoms with van der Waals surface area (Å²) >= 11 is 0. The maximum atomic E-state index is 12.1. The van der Waals surface area contributed by atoms with E-state index in [0.29, 0.717) is 19.4 Å². The Morgan fingerprint density at radius 2 is 2.19 bits per heavy atom. The third-order valence-corrected chi connectivity index (χ3v) is 4.18. The Kier molecular flexibility index (Phi) is 4.20. The standard InChI is InChI=1S/C16H21N3O2/c20-15(18-13-7-9-17-11-13)8-10-19-14-4-2-1-3-12(14)5-6-16(19)21/h1-4,13,17H,5-11H2,(H,18,20). The Hall–Kier alpha value is -1.88. The fourth-order valence-electron chi connectivity index (χ4n) is 3.03. The molecule has 0 spiro atoms. The Balaban J connectivity index is 1.59. The van der Waals surface area contributed by atoms with Crippen LogP contribution in [0.4, 0.5) is 5.69 Å². The average Bonchev–Trinajstić information content (AvgIpc) is 2.99. The van der Waals surface area contributed by atoms with Crippen LogP contribution >= 0.6 is 0 Å². The summed E-state index contributed by atoms with van der Waals surface area (Å²) in [7, 11) is 0. The number of fused-ring (bicyclic) bond motifs is 1. The number of hydrogen-bond donors (Lipinski definition) is 2. The van der Waals surface area contributed by atoms with Gasteiger partial charge in [-0.15, -0.1) is 0 Å². The summed E-state index contributed by atoms with van der Waals surface area (Å²) in [5, 5.41) is 6.24. The molecule has 2 heterocycles. The largest absolute Gasteiger partial charge is 0.352 e. The molecule has 1 saturated heterocycles. The van der Waals surface area contributed by atoms with Crippen molar-refractivity contribution in [3.63, 3.8) is 0 Å². The van der Waals surface area contributed by atoms with Gasteiger partial charge >= 0.3 is 0 Å². The Morgan fingerprint density at radius 1 is 1.33 bits per heavy atom. The minimum atomic E-state index is 0.0274. The van der Waals surface area contributed by atoms with Crippen LogP contribution in [0, 0.1) is 0 Å². The van der Waals surface area contributed by atoms with E-state index in [2.05, 4.69) is 16.7 Å². The number of amides is 2. The molecule has 1 unspecified atom stereocenters. The first-order valence-electron chi connectivity index (χ1n) is 7.62. The van der Waals surface area contributed by atoms with E-state index in [1.54, 1.807) is 4.90 Å². The van der Waals surface area contributed by atoms with Crippen LogP contribution in [-0.4, -0.2) is 37.5 Å². The number of nitrogens with one attached hydrogen (secondary N) is 2. The van der Waals surface area contributed by atoms with Gasteiger partial charge in [0, 0.05) is 37.7 Å². The summed E-state index contributed by atoms with van der Waals surface area (Å²) in [6.45, 7) is 2.27. The van der Waals surface area contributed by atoms with E-state index in [0.717, 1.165) is 31.6 Å². The molecule has 1 atom stereocenters. The maximum absolute atomic E-state index is 12.1. The minimum Gasteiger partial charge on any atom is -0.352 e. The Bertz CT molecular complexity index is 538. The lowest BCUT2D eigenvalue weighted by molar-refractivity contribution is -0.121. The highest BCUT2D eigenvalue weighted by Gasteiger charge is 2.24. The molecule has 5 heteroatoms. The minimum absolute atomic E-state index is 0.0274. The van der Waals surface area contributed by atoms with E-state index >= 15 is 0 Å². The second-order valence-electron chi connectivity index (χ2n) is 5.68. The van der Waals surface area contributed by atoms with Crippen LogP contribution < -0.4 is 15.5 Å². The van der Waals surface area contributed by atoms with Gasteiger partial charge in [-0.25, -0.2) is 0 Å². The third-order valence-electron chi connectivity index (χ3n) is 4.18. The smallest absolute Gasteiger partial charge is 0.227 e. The molecule has 0 bridgehead atoms. The van der Waals surface area contributed by atoms with Gasteiger partial charge in [-0.3, -0.25) is 9.59 Å². The SMILES string of the molecule is O=C(CCN1C(=O)CCc2ccccc21)NC1CCNC1. The average molecular weight is 287 g/mol. The first-order chi connectivity index (χ1) is 10.2. The number of anilines is 1. The van der Waals surface area contributed by atoms with Crippen LogP contribution in [0.2, 0.25) is 0 Å². The molecule has 0 saturated carbocycles. The molecule has 21 heavy (non-hydrogen) atoms. The van der Waals surface area contributed by atoms with Crippen LogP contribution in [0.3, 0.4) is 0 Å². The molecule has 2 N–H and O–H groups in total. The second kappa shape index (κ2) is 6.26. The Labute approximate surface area is 124 Å². The van der Waals surface area contributed by atoms with Gasteiger partial charge in [-0.05, 0) is 31.0 Å². The Morgan fingerprint density at radius 3 is 3.00 bits per heavy atom. The van der Waals surface area contributed by atoms with Crippen LogP contribution in [0.5, 0.6) is 0 Å². The van der Waals surface area contributed by atoms with Crippen molar-refractivity contribution in [2.75, 3.05) is 24.5 Å². The fourth-order valence-corrected chi connectivity index (χ4v) is 3.03. The van der Waals surface area contributed by atoms with Crippen molar-refractivity contribution in [2.45, 2.75) is 31.7 Å². The van der Waals surface area contributed by atoms with E-state index in [1.807, 2.05) is 18.2 Å². The molecule has 0 aromatic heterocycles. The molecule has 0 aliphatic carbocycles. The first kappa shape index (κ1) is 14.1. The lowest BCUT2D eigenvalue weighted by atomic mass is 10.0. The topological polar surface area (TPSA) is 61.4 Å². The molecular weight excluding hydrogens is 266 g/mol. The van der Waals surface area contributed by atoms with Crippen LogP contribution in [-0.2, 0) is 16.0 Å². The van der Waals surface area contributed by atoms with Gasteiger partial charge < -0.3 is 15.5 Å². The fraction of sp³-hybridized carbons (Fsp3) is 0.500. The van der Waals surface area contributed by atoms with Crippen molar-refractivity contribution in [2.24, 2.45) is 0 Å². The van der Waals surface area contributed by atoms with E-state index < -0.39 is 0 Å². The number of carbonyl (C=O) groups is 2. The molecule has 1 aromatic rings. The van der Waals surface area contributed by atoms with Gasteiger partial charge in [0.25, 0.3) is 0 Å². The highest BCUT2D eigenvalue weighted by Crippen LogP contribution is 2.27. The molecule has 112 valence electrons. The number of para-hydroxylation sites is 1. The zero-order chi connectivity index (χ0) is 14.7. The summed E-state index contributed by atoms with van der Waals surface area (Å²) in [5.41, 5.74) is 2.15. The number of benzene rings is 1. The lowest BCUT2D eigenvalue weighted by Gasteiger charge is -2.29. The van der Waals surface area contributed by atoms with Crippen LogP contribution in [0.25, 0.3) is 0 Å². The zero-order valence-electron chi connectivity index (χ0n) is 12.1. The molecule has 2 aliphatic heterocycles. The normalized spacial score (nSPS) is 21.2. The van der Waals surface area contributed by atoms with Crippen molar-refractivity contribution in [1.82, 2.24) is 10.6 Å². The molecule has 1 aromatic carbocycles. The van der Waals surface area contributed by atoms with Gasteiger partial charge in [0.05, 0.1) is 0 Å². The highest BCUT2D eigenvalue weighted by molar-refractivity contribution is 5.97. The third kappa shape index (κ3) is 3.24. The van der Waals surface area contributed by atoms with E-state index in [-0.39, 0.29) is 17.9 Å². The zero-order valence-corrected chi connectivity index (χ0v) is 12.1.